The number of hydrogen-bond acceptors (Lipinski definition) is 5. The van der Waals surface area contributed by atoms with Crippen molar-refractivity contribution in [3.8, 4) is 0 Å². The maximum Gasteiger partial charge on any atom is 0.416 e. The van der Waals surface area contributed by atoms with Crippen molar-refractivity contribution in [3.63, 3.8) is 0 Å². The van der Waals surface area contributed by atoms with Gasteiger partial charge in [-0.15, -0.1) is 0 Å². The average molecular weight is 615 g/mol. The first-order valence-corrected chi connectivity index (χ1v) is 13.3. The fourth-order valence-electron chi connectivity index (χ4n) is 5.62. The number of alkyl halides is 6. The molecule has 0 unspecified atom stereocenters. The van der Waals surface area contributed by atoms with Crippen LogP contribution >= 0.6 is 11.6 Å². The zero-order valence-corrected chi connectivity index (χ0v) is 23.2. The van der Waals surface area contributed by atoms with E-state index >= 15 is 0 Å². The SMILES string of the molecule is Cc1noc(C)c1CN1CN(c2ccccc2Cl)C2(CCN(C(=O)c3cc(C(F)(F)F)cc(C(F)(F)F)c3)CC2)C1=O. The Bertz CT molecular complexity index is 1480. The molecule has 7 nitrogen and oxygen atoms in total. The molecule has 0 N–H and O–H groups in total. The van der Waals surface area contributed by atoms with Crippen molar-refractivity contribution >= 4 is 29.1 Å². The van der Waals surface area contributed by atoms with E-state index in [0.717, 1.165) is 5.56 Å². The number of piperidine rings is 1. The normalized spacial score (nSPS) is 17.5. The number of aromatic nitrogens is 1. The van der Waals surface area contributed by atoms with Crippen LogP contribution in [0.5, 0.6) is 0 Å². The minimum atomic E-state index is -5.08. The van der Waals surface area contributed by atoms with Crippen molar-refractivity contribution in [1.29, 1.82) is 0 Å². The van der Waals surface area contributed by atoms with Crippen molar-refractivity contribution < 1.29 is 40.5 Å². The summed E-state index contributed by atoms with van der Waals surface area (Å²) in [6, 6.07) is 7.76. The summed E-state index contributed by atoms with van der Waals surface area (Å²) < 4.78 is 85.5. The topological polar surface area (TPSA) is 69.9 Å². The number of para-hydroxylation sites is 1. The van der Waals surface area contributed by atoms with Gasteiger partial charge in [0.15, 0.2) is 0 Å². The average Bonchev–Trinajstić information content (AvgIpc) is 3.38. The van der Waals surface area contributed by atoms with E-state index in [1.807, 2.05) is 4.90 Å². The van der Waals surface area contributed by atoms with Crippen molar-refractivity contribution in [2.45, 2.75) is 51.1 Å². The molecule has 1 aromatic heterocycles. The van der Waals surface area contributed by atoms with Gasteiger partial charge in [0.05, 0.1) is 40.7 Å². The van der Waals surface area contributed by atoms with E-state index in [1.165, 1.54) is 4.90 Å². The van der Waals surface area contributed by atoms with E-state index in [-0.39, 0.29) is 51.1 Å². The second-order valence-electron chi connectivity index (χ2n) is 10.4. The number of carbonyl (C=O) groups excluding carboxylic acids is 2. The van der Waals surface area contributed by atoms with Gasteiger partial charge in [0.25, 0.3) is 5.91 Å². The summed E-state index contributed by atoms with van der Waals surface area (Å²) in [6.45, 7) is 3.69. The smallest absolute Gasteiger partial charge is 0.361 e. The number of anilines is 1. The summed E-state index contributed by atoms with van der Waals surface area (Å²) >= 11 is 6.51. The number of aryl methyl sites for hydroxylation is 2. The fraction of sp³-hybridized carbons (Fsp3) is 0.393. The van der Waals surface area contributed by atoms with E-state index in [4.69, 9.17) is 16.1 Å². The van der Waals surface area contributed by atoms with E-state index in [0.29, 0.717) is 34.3 Å². The molecule has 14 heteroatoms. The largest absolute Gasteiger partial charge is 0.416 e. The quantitative estimate of drug-likeness (QED) is 0.316. The fourth-order valence-corrected chi connectivity index (χ4v) is 5.86. The van der Waals surface area contributed by atoms with Gasteiger partial charge in [-0.25, -0.2) is 0 Å². The lowest BCUT2D eigenvalue weighted by molar-refractivity contribution is -0.143. The van der Waals surface area contributed by atoms with Crippen molar-refractivity contribution in [3.05, 3.63) is 81.2 Å². The van der Waals surface area contributed by atoms with Gasteiger partial charge in [-0.05, 0) is 57.0 Å². The number of hydrogen-bond donors (Lipinski definition) is 0. The molecule has 1 spiro atoms. The Morgan fingerprint density at radius 3 is 2.12 bits per heavy atom. The lowest BCUT2D eigenvalue weighted by atomic mass is 9.85. The monoisotopic (exact) mass is 614 g/mol. The number of benzene rings is 2. The Hall–Kier alpha value is -3.74. The number of nitrogens with zero attached hydrogens (tertiary/aromatic N) is 4. The van der Waals surface area contributed by atoms with E-state index in [1.54, 1.807) is 43.0 Å². The summed E-state index contributed by atoms with van der Waals surface area (Å²) in [7, 11) is 0. The Morgan fingerprint density at radius 1 is 1.00 bits per heavy atom. The number of carbonyl (C=O) groups is 2. The Labute approximate surface area is 241 Å². The molecular weight excluding hydrogens is 590 g/mol. The number of likely N-dealkylation sites (tertiary alicyclic amines) is 1. The molecule has 2 aliphatic rings. The molecule has 2 amide bonds. The van der Waals surface area contributed by atoms with Crippen LogP contribution in [0, 0.1) is 13.8 Å². The van der Waals surface area contributed by atoms with E-state index in [2.05, 4.69) is 5.16 Å². The van der Waals surface area contributed by atoms with Crippen LogP contribution in [0.1, 0.15) is 51.3 Å². The first kappa shape index (κ1) is 29.7. The summed E-state index contributed by atoms with van der Waals surface area (Å²) in [4.78, 5) is 31.9. The predicted molar refractivity (Wildman–Crippen MR) is 140 cm³/mol. The van der Waals surface area contributed by atoms with Gasteiger partial charge in [0.2, 0.25) is 5.91 Å². The van der Waals surface area contributed by atoms with Gasteiger partial charge in [-0.3, -0.25) is 9.59 Å². The zero-order valence-electron chi connectivity index (χ0n) is 22.4. The minimum Gasteiger partial charge on any atom is -0.361 e. The maximum atomic E-state index is 14.0. The number of halogens is 7. The summed E-state index contributed by atoms with van der Waals surface area (Å²) in [5, 5.41) is 4.34. The number of rotatable bonds is 4. The lowest BCUT2D eigenvalue weighted by Gasteiger charge is -2.43. The molecule has 2 saturated heterocycles. The second kappa shape index (κ2) is 10.5. The van der Waals surface area contributed by atoms with Gasteiger partial charge in [0.1, 0.15) is 11.3 Å². The van der Waals surface area contributed by atoms with Crippen LogP contribution in [0.4, 0.5) is 32.0 Å². The summed E-state index contributed by atoms with van der Waals surface area (Å²) in [6.07, 6.45) is -10.0. The van der Waals surface area contributed by atoms with Gasteiger partial charge < -0.3 is 19.2 Å². The molecule has 2 aliphatic heterocycles. The van der Waals surface area contributed by atoms with E-state index < -0.39 is 40.5 Å². The number of amides is 2. The van der Waals surface area contributed by atoms with Crippen LogP contribution in [-0.2, 0) is 23.7 Å². The predicted octanol–water partition coefficient (Wildman–Crippen LogP) is 6.46. The van der Waals surface area contributed by atoms with Crippen molar-refractivity contribution in [2.75, 3.05) is 24.7 Å². The molecule has 2 aromatic carbocycles. The lowest BCUT2D eigenvalue weighted by Crippen LogP contribution is -2.57. The molecule has 3 heterocycles. The van der Waals surface area contributed by atoms with Gasteiger partial charge >= 0.3 is 12.4 Å². The Balaban J connectivity index is 1.44. The Morgan fingerprint density at radius 2 is 1.60 bits per heavy atom. The second-order valence-corrected chi connectivity index (χ2v) is 10.9. The first-order chi connectivity index (χ1) is 19.6. The highest BCUT2D eigenvalue weighted by Gasteiger charge is 2.54. The maximum absolute atomic E-state index is 14.0. The molecular formula is C28H25ClF6N4O3. The van der Waals surface area contributed by atoms with Crippen LogP contribution in [-0.4, -0.2) is 52.1 Å². The summed E-state index contributed by atoms with van der Waals surface area (Å²) in [5.41, 5.74) is -3.05. The molecule has 0 atom stereocenters. The first-order valence-electron chi connectivity index (χ1n) is 12.9. The van der Waals surface area contributed by atoms with Crippen LogP contribution in [0.15, 0.2) is 47.0 Å². The molecule has 3 aromatic rings. The van der Waals surface area contributed by atoms with Crippen LogP contribution < -0.4 is 4.90 Å². The van der Waals surface area contributed by atoms with Gasteiger partial charge in [-0.1, -0.05) is 28.9 Å². The standard InChI is InChI=1S/C28H25ClF6N4O3/c1-16-21(17(2)42-36-16)14-38-15-39(23-6-4-3-5-22(23)29)26(25(38)41)7-9-37(10-8-26)24(40)18-11-19(27(30,31)32)13-20(12-18)28(33,34)35/h3-6,11-13H,7-10,14-15H2,1-2H3. The summed E-state index contributed by atoms with van der Waals surface area (Å²) in [5.74, 6) is -0.665. The highest BCUT2D eigenvalue weighted by Crippen LogP contribution is 2.43. The third-order valence-corrected chi connectivity index (χ3v) is 8.22. The molecule has 42 heavy (non-hydrogen) atoms. The van der Waals surface area contributed by atoms with Gasteiger partial charge in [-0.2, -0.15) is 26.3 Å². The third kappa shape index (κ3) is 5.30. The molecule has 0 radical (unpaired) electrons. The molecule has 0 aliphatic carbocycles. The molecule has 2 fully saturated rings. The third-order valence-electron chi connectivity index (χ3n) is 7.90. The van der Waals surface area contributed by atoms with Crippen molar-refractivity contribution in [1.82, 2.24) is 15.0 Å². The van der Waals surface area contributed by atoms with Gasteiger partial charge in [0, 0.05) is 24.2 Å². The van der Waals surface area contributed by atoms with E-state index in [9.17, 15) is 35.9 Å². The van der Waals surface area contributed by atoms with Crippen molar-refractivity contribution in [2.24, 2.45) is 0 Å². The highest BCUT2D eigenvalue weighted by molar-refractivity contribution is 6.33. The molecule has 224 valence electrons. The molecule has 5 rings (SSSR count). The van der Waals surface area contributed by atoms with Crippen LogP contribution in [0.2, 0.25) is 5.02 Å². The highest BCUT2D eigenvalue weighted by atomic mass is 35.5. The molecule has 0 saturated carbocycles. The molecule has 0 bridgehead atoms. The van der Waals surface area contributed by atoms with Crippen LogP contribution in [0.3, 0.4) is 0 Å². The van der Waals surface area contributed by atoms with Crippen LogP contribution in [0.25, 0.3) is 0 Å². The minimum absolute atomic E-state index is 0.0196. The Kier molecular flexibility index (Phi) is 7.45. The zero-order chi connectivity index (χ0) is 30.6.